The largest absolute Gasteiger partial charge is 0.378 e. The second kappa shape index (κ2) is 6.24. The van der Waals surface area contributed by atoms with Gasteiger partial charge in [-0.15, -0.1) is 11.3 Å². The van der Waals surface area contributed by atoms with Crippen molar-refractivity contribution in [1.29, 1.82) is 0 Å². The van der Waals surface area contributed by atoms with E-state index in [4.69, 9.17) is 26.3 Å². The lowest BCUT2D eigenvalue weighted by molar-refractivity contribution is 0.122. The summed E-state index contributed by atoms with van der Waals surface area (Å²) in [7, 11) is 0. The Labute approximate surface area is 155 Å². The number of aromatic nitrogens is 2. The number of rotatable bonds is 2. The second-order valence-electron chi connectivity index (χ2n) is 6.51. The Morgan fingerprint density at radius 2 is 1.84 bits per heavy atom. The quantitative estimate of drug-likeness (QED) is 0.671. The number of hydrogen-bond acceptors (Lipinski definition) is 5. The number of thiophene rings is 1. The number of anilines is 1. The van der Waals surface area contributed by atoms with E-state index in [1.807, 2.05) is 35.6 Å². The summed E-state index contributed by atoms with van der Waals surface area (Å²) in [6.07, 6.45) is 3.57. The fourth-order valence-electron chi connectivity index (χ4n) is 3.71. The zero-order valence-corrected chi connectivity index (χ0v) is 15.4. The Balaban J connectivity index is 1.71. The molecule has 6 heteroatoms. The molecule has 1 saturated heterocycles. The summed E-state index contributed by atoms with van der Waals surface area (Å²) in [5, 5.41) is 2.01. The molecule has 0 amide bonds. The molecule has 0 bridgehead atoms. The van der Waals surface area contributed by atoms with Gasteiger partial charge in [0.1, 0.15) is 10.6 Å². The first kappa shape index (κ1) is 15.6. The van der Waals surface area contributed by atoms with E-state index in [2.05, 4.69) is 4.90 Å². The summed E-state index contributed by atoms with van der Waals surface area (Å²) in [6, 6.07) is 7.78. The highest BCUT2D eigenvalue weighted by Gasteiger charge is 2.25. The van der Waals surface area contributed by atoms with Crippen molar-refractivity contribution >= 4 is 39.0 Å². The molecule has 0 atom stereocenters. The van der Waals surface area contributed by atoms with E-state index in [9.17, 15) is 0 Å². The van der Waals surface area contributed by atoms with Gasteiger partial charge >= 0.3 is 0 Å². The van der Waals surface area contributed by atoms with Crippen LogP contribution < -0.4 is 4.90 Å². The third kappa shape index (κ3) is 2.71. The van der Waals surface area contributed by atoms with E-state index in [-0.39, 0.29) is 0 Å². The van der Waals surface area contributed by atoms with Crippen molar-refractivity contribution in [2.24, 2.45) is 0 Å². The lowest BCUT2D eigenvalue weighted by Crippen LogP contribution is -2.37. The number of aryl methyl sites for hydroxylation is 2. The van der Waals surface area contributed by atoms with Crippen LogP contribution in [0.2, 0.25) is 5.02 Å². The Morgan fingerprint density at radius 1 is 1.04 bits per heavy atom. The maximum atomic E-state index is 6.04. The summed E-state index contributed by atoms with van der Waals surface area (Å²) >= 11 is 7.88. The van der Waals surface area contributed by atoms with Crippen LogP contribution in [0, 0.1) is 0 Å². The van der Waals surface area contributed by atoms with Crippen molar-refractivity contribution in [2.45, 2.75) is 19.3 Å². The first-order valence-electron chi connectivity index (χ1n) is 8.70. The van der Waals surface area contributed by atoms with Gasteiger partial charge in [-0.1, -0.05) is 11.6 Å². The highest BCUT2D eigenvalue weighted by Crippen LogP contribution is 2.41. The highest BCUT2D eigenvalue weighted by atomic mass is 35.5. The van der Waals surface area contributed by atoms with Gasteiger partial charge in [-0.3, -0.25) is 0 Å². The molecule has 1 fully saturated rings. The molecular weight excluding hydrogens is 354 g/mol. The van der Waals surface area contributed by atoms with E-state index < -0.39 is 0 Å². The monoisotopic (exact) mass is 371 g/mol. The van der Waals surface area contributed by atoms with Gasteiger partial charge in [0.2, 0.25) is 0 Å². The fourth-order valence-corrected chi connectivity index (χ4v) is 5.09. The minimum absolute atomic E-state index is 0.730. The molecule has 4 nitrogen and oxygen atoms in total. The van der Waals surface area contributed by atoms with Gasteiger partial charge < -0.3 is 9.64 Å². The molecule has 25 heavy (non-hydrogen) atoms. The third-order valence-electron chi connectivity index (χ3n) is 4.96. The number of fused-ring (bicyclic) bond motifs is 3. The van der Waals surface area contributed by atoms with Crippen molar-refractivity contribution in [3.63, 3.8) is 0 Å². The standard InChI is InChI=1S/C19H18ClN3OS/c20-13-6-4-12(5-7-13)17-21-18(23-8-10-24-11-9-23)16-14-2-1-3-15(14)25-19(16)22-17/h4-7H,1-3,8-11H2. The lowest BCUT2D eigenvalue weighted by atomic mass is 10.1. The van der Waals surface area contributed by atoms with Crippen LogP contribution in [0.15, 0.2) is 24.3 Å². The van der Waals surface area contributed by atoms with E-state index >= 15 is 0 Å². The number of halogens is 1. The molecule has 0 radical (unpaired) electrons. The summed E-state index contributed by atoms with van der Waals surface area (Å²) in [6.45, 7) is 3.29. The molecule has 3 aromatic rings. The fraction of sp³-hybridized carbons (Fsp3) is 0.368. The lowest BCUT2D eigenvalue weighted by Gasteiger charge is -2.28. The summed E-state index contributed by atoms with van der Waals surface area (Å²) < 4.78 is 5.54. The normalized spacial score (nSPS) is 17.2. The molecular formula is C19H18ClN3OS. The molecule has 128 valence electrons. The Hall–Kier alpha value is -1.69. The van der Waals surface area contributed by atoms with Crippen LogP contribution in [0.25, 0.3) is 21.6 Å². The van der Waals surface area contributed by atoms with E-state index in [1.54, 1.807) is 0 Å². The maximum Gasteiger partial charge on any atom is 0.163 e. The molecule has 2 aromatic heterocycles. The van der Waals surface area contributed by atoms with Crippen LogP contribution in [0.5, 0.6) is 0 Å². The van der Waals surface area contributed by atoms with Crippen LogP contribution in [-0.2, 0) is 17.6 Å². The summed E-state index contributed by atoms with van der Waals surface area (Å²) in [5.41, 5.74) is 2.48. The topological polar surface area (TPSA) is 38.2 Å². The van der Waals surface area contributed by atoms with Crippen molar-refractivity contribution in [2.75, 3.05) is 31.2 Å². The van der Waals surface area contributed by atoms with Crippen LogP contribution in [-0.4, -0.2) is 36.3 Å². The van der Waals surface area contributed by atoms with Crippen LogP contribution in [0.1, 0.15) is 16.9 Å². The molecule has 1 aliphatic heterocycles. The predicted molar refractivity (Wildman–Crippen MR) is 103 cm³/mol. The average Bonchev–Trinajstić information content (AvgIpc) is 3.23. The molecule has 2 aliphatic rings. The second-order valence-corrected chi connectivity index (χ2v) is 8.03. The summed E-state index contributed by atoms with van der Waals surface area (Å²) in [4.78, 5) is 14.9. The van der Waals surface area contributed by atoms with Gasteiger partial charge in [0.25, 0.3) is 0 Å². The van der Waals surface area contributed by atoms with Gasteiger partial charge in [0.15, 0.2) is 5.82 Å². The van der Waals surface area contributed by atoms with Crippen LogP contribution >= 0.6 is 22.9 Å². The minimum Gasteiger partial charge on any atom is -0.378 e. The van der Waals surface area contributed by atoms with Gasteiger partial charge in [0, 0.05) is 28.6 Å². The Bertz CT molecular complexity index is 932. The van der Waals surface area contributed by atoms with Crippen molar-refractivity contribution in [3.8, 4) is 11.4 Å². The maximum absolute atomic E-state index is 6.04. The molecule has 0 spiro atoms. The highest BCUT2D eigenvalue weighted by molar-refractivity contribution is 7.19. The first-order valence-corrected chi connectivity index (χ1v) is 9.90. The van der Waals surface area contributed by atoms with Gasteiger partial charge in [-0.05, 0) is 49.1 Å². The molecule has 0 unspecified atom stereocenters. The molecule has 5 rings (SSSR count). The van der Waals surface area contributed by atoms with Crippen molar-refractivity contribution in [3.05, 3.63) is 39.7 Å². The Morgan fingerprint density at radius 3 is 2.64 bits per heavy atom. The minimum atomic E-state index is 0.730. The molecule has 1 aliphatic carbocycles. The number of morpholine rings is 1. The number of nitrogens with zero attached hydrogens (tertiary/aromatic N) is 3. The predicted octanol–water partition coefficient (Wildman–Crippen LogP) is 4.34. The Kier molecular flexibility index (Phi) is 3.88. The van der Waals surface area contributed by atoms with E-state index in [1.165, 1.54) is 28.7 Å². The first-order chi connectivity index (χ1) is 12.3. The van der Waals surface area contributed by atoms with Gasteiger partial charge in [-0.25, -0.2) is 9.97 Å². The number of hydrogen-bond donors (Lipinski definition) is 0. The third-order valence-corrected chi connectivity index (χ3v) is 6.40. The van der Waals surface area contributed by atoms with Crippen molar-refractivity contribution in [1.82, 2.24) is 9.97 Å². The van der Waals surface area contributed by atoms with Crippen LogP contribution in [0.4, 0.5) is 5.82 Å². The molecule has 0 N–H and O–H groups in total. The van der Waals surface area contributed by atoms with Gasteiger partial charge in [0.05, 0.1) is 18.6 Å². The van der Waals surface area contributed by atoms with Crippen LogP contribution in [0.3, 0.4) is 0 Å². The average molecular weight is 372 g/mol. The zero-order chi connectivity index (χ0) is 16.8. The van der Waals surface area contributed by atoms with E-state index in [0.29, 0.717) is 0 Å². The van der Waals surface area contributed by atoms with Crippen molar-refractivity contribution < 1.29 is 4.74 Å². The van der Waals surface area contributed by atoms with E-state index in [0.717, 1.165) is 59.8 Å². The SMILES string of the molecule is Clc1ccc(-c2nc(N3CCOCC3)c3c4c(sc3n2)CCC4)cc1. The molecule has 1 aromatic carbocycles. The zero-order valence-electron chi connectivity index (χ0n) is 13.8. The van der Waals surface area contributed by atoms with Gasteiger partial charge in [-0.2, -0.15) is 0 Å². The number of ether oxygens (including phenoxy) is 1. The molecule has 3 heterocycles. The number of benzene rings is 1. The summed E-state index contributed by atoms with van der Waals surface area (Å²) in [5.74, 6) is 1.86. The molecule has 0 saturated carbocycles. The smallest absolute Gasteiger partial charge is 0.163 e.